The van der Waals surface area contributed by atoms with Crippen molar-refractivity contribution >= 4 is 23.2 Å². The predicted molar refractivity (Wildman–Crippen MR) is 122 cm³/mol. The molecule has 0 unspecified atom stereocenters. The summed E-state index contributed by atoms with van der Waals surface area (Å²) >= 11 is 1.68. The van der Waals surface area contributed by atoms with Crippen LogP contribution in [0.1, 0.15) is 36.8 Å². The van der Waals surface area contributed by atoms with Gasteiger partial charge in [0.2, 0.25) is 11.8 Å². The number of carbonyl (C=O) groups is 2. The van der Waals surface area contributed by atoms with Crippen LogP contribution in [0.4, 0.5) is 4.39 Å². The number of methoxy groups -OCH3 is 1. The quantitative estimate of drug-likeness (QED) is 0.537. The Bertz CT molecular complexity index is 900. The minimum atomic E-state index is -0.325. The molecule has 0 radical (unpaired) electrons. The lowest BCUT2D eigenvalue weighted by Gasteiger charge is -2.37. The summed E-state index contributed by atoms with van der Waals surface area (Å²) < 4.78 is 24.1. The first kappa shape index (κ1) is 24.2. The average Bonchev–Trinajstić information content (AvgIpc) is 3.25. The van der Waals surface area contributed by atoms with Crippen LogP contribution in [0, 0.1) is 11.7 Å². The van der Waals surface area contributed by atoms with E-state index >= 15 is 0 Å². The van der Waals surface area contributed by atoms with Gasteiger partial charge in [-0.15, -0.1) is 11.3 Å². The van der Waals surface area contributed by atoms with Crippen LogP contribution in [0.15, 0.2) is 35.7 Å². The lowest BCUT2D eigenvalue weighted by Crippen LogP contribution is -2.48. The molecular weight excluding hydrogens is 431 g/mol. The van der Waals surface area contributed by atoms with Crippen LogP contribution < -0.4 is 4.74 Å². The molecule has 1 aromatic carbocycles. The fraction of sp³-hybridized carbons (Fsp3) is 0.500. The zero-order chi connectivity index (χ0) is 23.1. The molecule has 8 heteroatoms. The normalized spacial score (nSPS) is 15.5. The number of fused-ring (bicyclic) bond motifs is 1. The van der Waals surface area contributed by atoms with E-state index in [2.05, 4.69) is 13.8 Å². The molecule has 2 amide bonds. The number of ether oxygens (including phenoxy) is 2. The summed E-state index contributed by atoms with van der Waals surface area (Å²) in [5, 5.41) is 2.03. The Balaban J connectivity index is 1.74. The molecule has 0 spiro atoms. The first-order valence-electron chi connectivity index (χ1n) is 10.9. The number of rotatable bonds is 10. The highest BCUT2D eigenvalue weighted by atomic mass is 32.1. The van der Waals surface area contributed by atoms with E-state index in [1.807, 2.05) is 11.4 Å². The number of hydrogen-bond donors (Lipinski definition) is 0. The number of benzene rings is 1. The van der Waals surface area contributed by atoms with Gasteiger partial charge in [0.15, 0.2) is 0 Å². The third-order valence-electron chi connectivity index (χ3n) is 5.56. The minimum Gasteiger partial charge on any atom is -0.491 e. The van der Waals surface area contributed by atoms with E-state index in [4.69, 9.17) is 9.47 Å². The van der Waals surface area contributed by atoms with Gasteiger partial charge in [0.05, 0.1) is 12.6 Å². The van der Waals surface area contributed by atoms with Crippen molar-refractivity contribution in [3.05, 3.63) is 52.0 Å². The van der Waals surface area contributed by atoms with E-state index in [9.17, 15) is 14.0 Å². The van der Waals surface area contributed by atoms with Crippen molar-refractivity contribution in [2.45, 2.75) is 32.7 Å². The second-order valence-electron chi connectivity index (χ2n) is 8.35. The van der Waals surface area contributed by atoms with Gasteiger partial charge in [0, 0.05) is 25.1 Å². The highest BCUT2D eigenvalue weighted by molar-refractivity contribution is 7.10. The third kappa shape index (κ3) is 6.29. The summed E-state index contributed by atoms with van der Waals surface area (Å²) in [6, 6.07) is 7.63. The minimum absolute atomic E-state index is 0.0153. The van der Waals surface area contributed by atoms with Gasteiger partial charge in [0.25, 0.3) is 0 Å². The molecule has 0 fully saturated rings. The van der Waals surface area contributed by atoms with Crippen LogP contribution in [-0.4, -0.2) is 61.6 Å². The molecule has 2 heterocycles. The second kappa shape index (κ2) is 11.4. The average molecular weight is 463 g/mol. The van der Waals surface area contributed by atoms with E-state index in [0.29, 0.717) is 24.8 Å². The van der Waals surface area contributed by atoms with Crippen molar-refractivity contribution in [2.75, 3.05) is 40.0 Å². The summed E-state index contributed by atoms with van der Waals surface area (Å²) in [6.45, 7) is 5.50. The summed E-state index contributed by atoms with van der Waals surface area (Å²) in [5.74, 6) is 0.351. The molecule has 6 nitrogen and oxygen atoms in total. The van der Waals surface area contributed by atoms with Crippen molar-refractivity contribution in [3.63, 3.8) is 0 Å². The zero-order valence-electron chi connectivity index (χ0n) is 18.9. The number of thiophene rings is 1. The molecule has 2 aromatic rings. The molecular formula is C24H31FN2O4S. The van der Waals surface area contributed by atoms with Crippen molar-refractivity contribution in [1.82, 2.24) is 9.80 Å². The first-order valence-corrected chi connectivity index (χ1v) is 11.8. The van der Waals surface area contributed by atoms with Gasteiger partial charge in [-0.3, -0.25) is 9.59 Å². The molecule has 0 saturated carbocycles. The van der Waals surface area contributed by atoms with E-state index in [1.165, 1.54) is 24.1 Å². The Morgan fingerprint density at radius 2 is 2.00 bits per heavy atom. The second-order valence-corrected chi connectivity index (χ2v) is 9.35. The van der Waals surface area contributed by atoms with Crippen LogP contribution in [0.25, 0.3) is 0 Å². The molecule has 1 aromatic heterocycles. The number of amides is 2. The lowest BCUT2D eigenvalue weighted by atomic mass is 10.0. The van der Waals surface area contributed by atoms with Gasteiger partial charge < -0.3 is 19.3 Å². The van der Waals surface area contributed by atoms with Crippen molar-refractivity contribution in [1.29, 1.82) is 0 Å². The monoisotopic (exact) mass is 462 g/mol. The molecule has 174 valence electrons. The Kier molecular flexibility index (Phi) is 8.64. The van der Waals surface area contributed by atoms with Crippen LogP contribution >= 0.6 is 11.3 Å². The summed E-state index contributed by atoms with van der Waals surface area (Å²) in [5.41, 5.74) is 1.08. The number of carbonyl (C=O) groups excluding carboxylic acids is 2. The highest BCUT2D eigenvalue weighted by Gasteiger charge is 2.33. The van der Waals surface area contributed by atoms with E-state index in [-0.39, 0.29) is 43.4 Å². The van der Waals surface area contributed by atoms with Gasteiger partial charge in [-0.25, -0.2) is 4.39 Å². The molecule has 1 aliphatic rings. The number of hydrogen-bond acceptors (Lipinski definition) is 5. The van der Waals surface area contributed by atoms with Gasteiger partial charge in [0.1, 0.15) is 24.8 Å². The van der Waals surface area contributed by atoms with E-state index < -0.39 is 0 Å². The van der Waals surface area contributed by atoms with Crippen LogP contribution in [0.5, 0.6) is 5.75 Å². The van der Waals surface area contributed by atoms with Crippen LogP contribution in [0.3, 0.4) is 0 Å². The zero-order valence-corrected chi connectivity index (χ0v) is 19.7. The molecule has 3 rings (SSSR count). The van der Waals surface area contributed by atoms with Gasteiger partial charge in [-0.1, -0.05) is 13.8 Å². The van der Waals surface area contributed by atoms with Gasteiger partial charge in [-0.2, -0.15) is 0 Å². The Hall–Kier alpha value is -2.45. The highest BCUT2D eigenvalue weighted by Crippen LogP contribution is 2.34. The smallest absolute Gasteiger partial charge is 0.249 e. The summed E-state index contributed by atoms with van der Waals surface area (Å²) in [7, 11) is 1.48. The Labute approximate surface area is 192 Å². The molecule has 0 saturated heterocycles. The molecule has 0 aliphatic carbocycles. The van der Waals surface area contributed by atoms with Crippen LogP contribution in [-0.2, 0) is 20.7 Å². The van der Waals surface area contributed by atoms with E-state index in [1.54, 1.807) is 33.3 Å². The van der Waals surface area contributed by atoms with Crippen molar-refractivity contribution in [2.24, 2.45) is 5.92 Å². The molecule has 1 atom stereocenters. The maximum absolute atomic E-state index is 13.3. The van der Waals surface area contributed by atoms with Gasteiger partial charge >= 0.3 is 0 Å². The maximum atomic E-state index is 13.3. The molecule has 0 N–H and O–H groups in total. The number of halogens is 1. The van der Waals surface area contributed by atoms with E-state index in [0.717, 1.165) is 18.4 Å². The summed E-state index contributed by atoms with van der Waals surface area (Å²) in [6.07, 6.45) is 1.60. The summed E-state index contributed by atoms with van der Waals surface area (Å²) in [4.78, 5) is 30.5. The lowest BCUT2D eigenvalue weighted by molar-refractivity contribution is -0.144. The Morgan fingerprint density at radius 1 is 1.25 bits per heavy atom. The Morgan fingerprint density at radius 3 is 2.69 bits per heavy atom. The topological polar surface area (TPSA) is 59.1 Å². The first-order chi connectivity index (χ1) is 15.4. The standard InChI is InChI=1S/C24H31FN2O4S/c1-17(2)8-11-26(24(29)16-30-3)14-23(28)27-12-9-22-20(10-13-32-22)21(27)15-31-19-6-4-18(25)5-7-19/h4-7,10,13,17,21H,8-9,11-12,14-16H2,1-3H3/t21-/m1/s1. The van der Waals surface area contributed by atoms with Gasteiger partial charge in [-0.05, 0) is 60.0 Å². The fourth-order valence-corrected chi connectivity index (χ4v) is 4.68. The third-order valence-corrected chi connectivity index (χ3v) is 6.56. The van der Waals surface area contributed by atoms with Crippen LogP contribution in [0.2, 0.25) is 0 Å². The number of nitrogens with zero attached hydrogens (tertiary/aromatic N) is 2. The van der Waals surface area contributed by atoms with Crippen molar-refractivity contribution in [3.8, 4) is 5.75 Å². The fourth-order valence-electron chi connectivity index (χ4n) is 3.76. The molecule has 1 aliphatic heterocycles. The largest absolute Gasteiger partial charge is 0.491 e. The molecule has 32 heavy (non-hydrogen) atoms. The van der Waals surface area contributed by atoms with Crippen molar-refractivity contribution < 1.29 is 23.5 Å². The molecule has 0 bridgehead atoms. The maximum Gasteiger partial charge on any atom is 0.249 e. The predicted octanol–water partition coefficient (Wildman–Crippen LogP) is 3.91. The SMILES string of the molecule is COCC(=O)N(CCC(C)C)CC(=O)N1CCc2sccc2[C@H]1COc1ccc(F)cc1.